The normalized spacial score (nSPS) is 30.1. The average Bonchev–Trinajstić information content (AvgIpc) is 2.60. The van der Waals surface area contributed by atoms with Crippen LogP contribution in [-0.4, -0.2) is 61.3 Å². The van der Waals surface area contributed by atoms with E-state index in [2.05, 4.69) is 15.5 Å². The van der Waals surface area contributed by atoms with E-state index in [4.69, 9.17) is 0 Å². The van der Waals surface area contributed by atoms with Gasteiger partial charge in [0, 0.05) is 19.6 Å². The second kappa shape index (κ2) is 7.07. The predicted molar refractivity (Wildman–Crippen MR) is 70.3 cm³/mol. The third-order valence-corrected chi connectivity index (χ3v) is 3.90. The van der Waals surface area contributed by atoms with E-state index in [1.54, 1.807) is 0 Å². The highest BCUT2D eigenvalue weighted by atomic mass is 16.3. The fourth-order valence-corrected chi connectivity index (χ4v) is 2.81. The first-order valence-electron chi connectivity index (χ1n) is 7.12. The molecule has 5 nitrogen and oxygen atoms in total. The number of aliphatic hydroxyl groups is 1. The van der Waals surface area contributed by atoms with Gasteiger partial charge in [0.15, 0.2) is 0 Å². The Labute approximate surface area is 109 Å². The van der Waals surface area contributed by atoms with Crippen LogP contribution in [0.1, 0.15) is 25.7 Å². The third kappa shape index (κ3) is 4.55. The van der Waals surface area contributed by atoms with Gasteiger partial charge in [-0.25, -0.2) is 0 Å². The molecule has 3 N–H and O–H groups in total. The van der Waals surface area contributed by atoms with Crippen molar-refractivity contribution in [2.45, 2.75) is 31.8 Å². The summed E-state index contributed by atoms with van der Waals surface area (Å²) in [7, 11) is 0. The maximum atomic E-state index is 11.8. The minimum Gasteiger partial charge on any atom is -0.393 e. The van der Waals surface area contributed by atoms with Gasteiger partial charge in [-0.1, -0.05) is 0 Å². The number of rotatable bonds is 4. The van der Waals surface area contributed by atoms with Crippen LogP contribution < -0.4 is 10.6 Å². The Morgan fingerprint density at radius 1 is 1.33 bits per heavy atom. The molecule has 2 unspecified atom stereocenters. The van der Waals surface area contributed by atoms with Gasteiger partial charge < -0.3 is 15.7 Å². The number of hydrogen-bond donors (Lipinski definition) is 3. The molecule has 0 aromatic carbocycles. The summed E-state index contributed by atoms with van der Waals surface area (Å²) in [6.07, 6.45) is 3.73. The Kier molecular flexibility index (Phi) is 5.41. The zero-order chi connectivity index (χ0) is 12.8. The van der Waals surface area contributed by atoms with Crippen molar-refractivity contribution < 1.29 is 9.90 Å². The van der Waals surface area contributed by atoms with E-state index >= 15 is 0 Å². The lowest BCUT2D eigenvalue weighted by Crippen LogP contribution is -2.40. The van der Waals surface area contributed by atoms with Crippen molar-refractivity contribution in [1.82, 2.24) is 15.5 Å². The van der Waals surface area contributed by atoms with Crippen LogP contribution in [0.15, 0.2) is 0 Å². The molecule has 2 aliphatic rings. The van der Waals surface area contributed by atoms with Gasteiger partial charge in [-0.2, -0.15) is 0 Å². The van der Waals surface area contributed by atoms with Crippen molar-refractivity contribution in [1.29, 1.82) is 0 Å². The summed E-state index contributed by atoms with van der Waals surface area (Å²) in [6, 6.07) is 0. The summed E-state index contributed by atoms with van der Waals surface area (Å²) in [6.45, 7) is 5.22. The molecule has 1 aliphatic carbocycles. The van der Waals surface area contributed by atoms with Gasteiger partial charge >= 0.3 is 0 Å². The molecule has 104 valence electrons. The summed E-state index contributed by atoms with van der Waals surface area (Å²) in [5.41, 5.74) is 0. The molecule has 2 rings (SSSR count). The molecule has 1 saturated carbocycles. The topological polar surface area (TPSA) is 64.6 Å². The Balaban J connectivity index is 1.62. The highest BCUT2D eigenvalue weighted by molar-refractivity contribution is 5.78. The maximum absolute atomic E-state index is 11.8. The van der Waals surface area contributed by atoms with Gasteiger partial charge in [0.05, 0.1) is 12.6 Å². The van der Waals surface area contributed by atoms with Gasteiger partial charge in [-0.3, -0.25) is 9.69 Å². The lowest BCUT2D eigenvalue weighted by molar-refractivity contribution is -0.122. The van der Waals surface area contributed by atoms with Crippen LogP contribution in [0.25, 0.3) is 0 Å². The fourth-order valence-electron chi connectivity index (χ4n) is 2.81. The first-order chi connectivity index (χ1) is 8.74. The molecule has 2 fully saturated rings. The molecule has 5 heteroatoms. The third-order valence-electron chi connectivity index (χ3n) is 3.90. The number of hydrogen-bond acceptors (Lipinski definition) is 4. The number of carbonyl (C=O) groups excluding carboxylic acids is 1. The Morgan fingerprint density at radius 2 is 2.22 bits per heavy atom. The Hall–Kier alpha value is -0.650. The van der Waals surface area contributed by atoms with E-state index in [0.29, 0.717) is 12.5 Å². The standard InChI is InChI=1S/C13H25N3O2/c17-12-3-2-11(8-12)9-15-13(18)10-16-6-1-4-14-5-7-16/h11-12,14,17H,1-10H2,(H,15,18). The molecule has 0 aromatic heterocycles. The number of nitrogens with zero attached hydrogens (tertiary/aromatic N) is 1. The highest BCUT2D eigenvalue weighted by Crippen LogP contribution is 2.24. The molecule has 18 heavy (non-hydrogen) atoms. The summed E-state index contributed by atoms with van der Waals surface area (Å²) >= 11 is 0. The minimum atomic E-state index is -0.149. The van der Waals surface area contributed by atoms with Gasteiger partial charge in [0.2, 0.25) is 5.91 Å². The van der Waals surface area contributed by atoms with E-state index in [9.17, 15) is 9.90 Å². The van der Waals surface area contributed by atoms with Gasteiger partial charge in [0.25, 0.3) is 0 Å². The molecule has 0 aromatic rings. The Bertz CT molecular complexity index is 265. The van der Waals surface area contributed by atoms with Gasteiger partial charge in [0.1, 0.15) is 0 Å². The smallest absolute Gasteiger partial charge is 0.234 e. The lowest BCUT2D eigenvalue weighted by Gasteiger charge is -2.19. The molecule has 1 aliphatic heterocycles. The van der Waals surface area contributed by atoms with E-state index in [1.807, 2.05) is 0 Å². The summed E-state index contributed by atoms with van der Waals surface area (Å²) < 4.78 is 0. The van der Waals surface area contributed by atoms with E-state index < -0.39 is 0 Å². The molecular weight excluding hydrogens is 230 g/mol. The number of aliphatic hydroxyl groups excluding tert-OH is 1. The lowest BCUT2D eigenvalue weighted by atomic mass is 10.1. The van der Waals surface area contributed by atoms with Gasteiger partial charge in [-0.15, -0.1) is 0 Å². The van der Waals surface area contributed by atoms with Crippen molar-refractivity contribution in [3.63, 3.8) is 0 Å². The van der Waals surface area contributed by atoms with Crippen LogP contribution in [-0.2, 0) is 4.79 Å². The zero-order valence-electron chi connectivity index (χ0n) is 11.0. The van der Waals surface area contributed by atoms with Crippen LogP contribution in [0, 0.1) is 5.92 Å². The Morgan fingerprint density at radius 3 is 3.00 bits per heavy atom. The molecule has 2 atom stereocenters. The largest absolute Gasteiger partial charge is 0.393 e. The van der Waals surface area contributed by atoms with Crippen molar-refractivity contribution in [2.75, 3.05) is 39.3 Å². The van der Waals surface area contributed by atoms with E-state index in [-0.39, 0.29) is 12.0 Å². The molecule has 0 radical (unpaired) electrons. The molecule has 1 heterocycles. The van der Waals surface area contributed by atoms with Crippen LogP contribution in [0.4, 0.5) is 0 Å². The van der Waals surface area contributed by atoms with Crippen LogP contribution in [0.2, 0.25) is 0 Å². The minimum absolute atomic E-state index is 0.123. The number of nitrogens with one attached hydrogen (secondary N) is 2. The van der Waals surface area contributed by atoms with Crippen molar-refractivity contribution in [2.24, 2.45) is 5.92 Å². The molecule has 0 bridgehead atoms. The second-order valence-electron chi connectivity index (χ2n) is 5.52. The SMILES string of the molecule is O=C(CN1CCCNCC1)NCC1CCC(O)C1. The quantitative estimate of drug-likeness (QED) is 0.637. The fraction of sp³-hybridized carbons (Fsp3) is 0.923. The predicted octanol–water partition coefficient (Wildman–Crippen LogP) is -0.441. The van der Waals surface area contributed by atoms with Gasteiger partial charge in [-0.05, 0) is 44.7 Å². The van der Waals surface area contributed by atoms with Crippen LogP contribution in [0.3, 0.4) is 0 Å². The first kappa shape index (κ1) is 13.8. The van der Waals surface area contributed by atoms with Crippen molar-refractivity contribution in [3.8, 4) is 0 Å². The molecule has 0 spiro atoms. The summed E-state index contributed by atoms with van der Waals surface area (Å²) in [4.78, 5) is 14.0. The first-order valence-corrected chi connectivity index (χ1v) is 7.12. The number of carbonyl (C=O) groups is 1. The van der Waals surface area contributed by atoms with E-state index in [1.165, 1.54) is 0 Å². The second-order valence-corrected chi connectivity index (χ2v) is 5.52. The molecule has 1 amide bonds. The maximum Gasteiger partial charge on any atom is 0.234 e. The van der Waals surface area contributed by atoms with E-state index in [0.717, 1.165) is 58.4 Å². The average molecular weight is 255 g/mol. The number of amides is 1. The van der Waals surface area contributed by atoms with Crippen LogP contribution >= 0.6 is 0 Å². The van der Waals surface area contributed by atoms with Crippen molar-refractivity contribution >= 4 is 5.91 Å². The molecule has 1 saturated heterocycles. The van der Waals surface area contributed by atoms with Crippen LogP contribution in [0.5, 0.6) is 0 Å². The molecular formula is C13H25N3O2. The van der Waals surface area contributed by atoms with Crippen molar-refractivity contribution in [3.05, 3.63) is 0 Å². The summed E-state index contributed by atoms with van der Waals surface area (Å²) in [5, 5.41) is 15.8. The zero-order valence-corrected chi connectivity index (χ0v) is 11.0. The monoisotopic (exact) mass is 255 g/mol. The summed E-state index contributed by atoms with van der Waals surface area (Å²) in [5.74, 6) is 0.591. The highest BCUT2D eigenvalue weighted by Gasteiger charge is 2.23.